The Balaban J connectivity index is 1.91. The number of hydrogen-bond donors (Lipinski definition) is 0. The van der Waals surface area contributed by atoms with Crippen molar-refractivity contribution in [3.05, 3.63) is 70.2 Å². The smallest absolute Gasteiger partial charge is 0.0406 e. The van der Waals surface area contributed by atoms with E-state index in [1.807, 2.05) is 12.1 Å². The van der Waals surface area contributed by atoms with Crippen molar-refractivity contribution < 1.29 is 0 Å². The molecule has 2 bridgehead atoms. The molecule has 1 saturated heterocycles. The van der Waals surface area contributed by atoms with E-state index >= 15 is 0 Å². The lowest BCUT2D eigenvalue weighted by atomic mass is 9.61. The van der Waals surface area contributed by atoms with Crippen molar-refractivity contribution in [3.8, 4) is 0 Å². The van der Waals surface area contributed by atoms with Gasteiger partial charge in [-0.05, 0) is 61.7 Å². The minimum absolute atomic E-state index is 0.177. The van der Waals surface area contributed by atoms with Crippen LogP contribution in [-0.2, 0) is 11.8 Å². The topological polar surface area (TPSA) is 3.24 Å². The predicted octanol–water partition coefficient (Wildman–Crippen LogP) is 4.28. The van der Waals surface area contributed by atoms with E-state index in [4.69, 9.17) is 11.6 Å². The molecule has 0 radical (unpaired) electrons. The van der Waals surface area contributed by atoms with Gasteiger partial charge in [0.15, 0.2) is 0 Å². The fourth-order valence-corrected chi connectivity index (χ4v) is 4.41. The first kappa shape index (κ1) is 13.4. The molecule has 108 valence electrons. The Bertz CT molecular complexity index is 664. The molecule has 4 rings (SSSR count). The lowest BCUT2D eigenvalue weighted by Crippen LogP contribution is -2.52. The van der Waals surface area contributed by atoms with Crippen LogP contribution in [0.15, 0.2) is 48.5 Å². The van der Waals surface area contributed by atoms with Gasteiger partial charge in [-0.1, -0.05) is 48.0 Å². The Morgan fingerprint density at radius 3 is 2.67 bits per heavy atom. The van der Waals surface area contributed by atoms with Crippen LogP contribution in [0, 0.1) is 0 Å². The molecule has 1 fully saturated rings. The van der Waals surface area contributed by atoms with Crippen LogP contribution in [0.3, 0.4) is 0 Å². The molecule has 2 aliphatic rings. The Hall–Kier alpha value is -1.31. The molecular weight excluding hydrogens is 278 g/mol. The number of likely N-dealkylation sites (N-methyl/N-ethyl adjacent to an activating group) is 1. The summed E-state index contributed by atoms with van der Waals surface area (Å²) < 4.78 is 0. The summed E-state index contributed by atoms with van der Waals surface area (Å²) >= 11 is 6.10. The molecule has 2 aromatic carbocycles. The van der Waals surface area contributed by atoms with Crippen molar-refractivity contribution in [2.45, 2.75) is 30.7 Å². The molecule has 0 N–H and O–H groups in total. The number of piperidine rings is 1. The molecule has 1 aliphatic heterocycles. The lowest BCUT2D eigenvalue weighted by Gasteiger charge is -2.50. The summed E-state index contributed by atoms with van der Waals surface area (Å²) in [6, 6.07) is 18.2. The lowest BCUT2D eigenvalue weighted by molar-refractivity contribution is 0.123. The van der Waals surface area contributed by atoms with E-state index < -0.39 is 0 Å². The van der Waals surface area contributed by atoms with Crippen molar-refractivity contribution in [3.63, 3.8) is 0 Å². The summed E-state index contributed by atoms with van der Waals surface area (Å²) in [4.78, 5) is 2.53. The fraction of sp³-hybridized carbons (Fsp3) is 0.368. The van der Waals surface area contributed by atoms with Crippen LogP contribution in [0.25, 0.3) is 0 Å². The van der Waals surface area contributed by atoms with Gasteiger partial charge >= 0.3 is 0 Å². The number of hydrogen-bond acceptors (Lipinski definition) is 1. The van der Waals surface area contributed by atoms with E-state index in [9.17, 15) is 0 Å². The van der Waals surface area contributed by atoms with Crippen LogP contribution in [0.1, 0.15) is 29.5 Å². The van der Waals surface area contributed by atoms with Gasteiger partial charge in [-0.25, -0.2) is 0 Å². The van der Waals surface area contributed by atoms with Crippen molar-refractivity contribution in [1.29, 1.82) is 0 Å². The van der Waals surface area contributed by atoms with Crippen LogP contribution in [0.2, 0.25) is 5.02 Å². The van der Waals surface area contributed by atoms with Crippen LogP contribution in [-0.4, -0.2) is 24.5 Å². The summed E-state index contributed by atoms with van der Waals surface area (Å²) in [7, 11) is 2.27. The quantitative estimate of drug-likeness (QED) is 0.759. The standard InChI is InChI=1S/C19H20ClN/c1-21-11-10-19(15-6-8-16(20)9-7-15)13-17(21)12-14-4-2-3-5-18(14)19/h2-9,17H,10-13H2,1H3/t17-,19+/m1/s1. The number of rotatable bonds is 1. The minimum atomic E-state index is 0.177. The second kappa shape index (κ2) is 4.86. The Labute approximate surface area is 131 Å². The van der Waals surface area contributed by atoms with Crippen molar-refractivity contribution in [2.75, 3.05) is 13.6 Å². The van der Waals surface area contributed by atoms with E-state index in [0.29, 0.717) is 6.04 Å². The Morgan fingerprint density at radius 1 is 1.10 bits per heavy atom. The largest absolute Gasteiger partial charge is 0.303 e. The van der Waals surface area contributed by atoms with Gasteiger partial charge in [0.25, 0.3) is 0 Å². The van der Waals surface area contributed by atoms with Crippen molar-refractivity contribution >= 4 is 11.6 Å². The van der Waals surface area contributed by atoms with Gasteiger partial charge in [-0.3, -0.25) is 0 Å². The maximum Gasteiger partial charge on any atom is 0.0406 e. The van der Waals surface area contributed by atoms with E-state index in [1.54, 1.807) is 0 Å². The molecule has 0 saturated carbocycles. The number of fused-ring (bicyclic) bond motifs is 4. The first-order valence-corrected chi connectivity index (χ1v) is 8.11. The Kier molecular flexibility index (Phi) is 3.09. The van der Waals surface area contributed by atoms with E-state index in [1.165, 1.54) is 42.5 Å². The maximum absolute atomic E-state index is 6.10. The third-order valence-electron chi connectivity index (χ3n) is 5.48. The molecule has 1 heterocycles. The second-order valence-corrected chi connectivity index (χ2v) is 6.98. The summed E-state index contributed by atoms with van der Waals surface area (Å²) in [6.45, 7) is 1.17. The van der Waals surface area contributed by atoms with Crippen molar-refractivity contribution in [2.24, 2.45) is 0 Å². The zero-order chi connectivity index (χ0) is 14.4. The molecule has 1 nitrogen and oxygen atoms in total. The van der Waals surface area contributed by atoms with Crippen LogP contribution < -0.4 is 0 Å². The van der Waals surface area contributed by atoms with Gasteiger partial charge in [0.2, 0.25) is 0 Å². The van der Waals surface area contributed by atoms with E-state index in [2.05, 4.69) is 48.3 Å². The third-order valence-corrected chi connectivity index (χ3v) is 5.74. The molecule has 0 spiro atoms. The average Bonchev–Trinajstić information content (AvgIpc) is 2.52. The first-order valence-electron chi connectivity index (χ1n) is 7.74. The van der Waals surface area contributed by atoms with E-state index in [0.717, 1.165) is 5.02 Å². The second-order valence-electron chi connectivity index (χ2n) is 6.54. The normalized spacial score (nSPS) is 28.2. The van der Waals surface area contributed by atoms with Crippen LogP contribution in [0.4, 0.5) is 0 Å². The minimum Gasteiger partial charge on any atom is -0.303 e. The number of nitrogens with zero attached hydrogens (tertiary/aromatic N) is 1. The fourth-order valence-electron chi connectivity index (χ4n) is 4.29. The van der Waals surface area contributed by atoms with Gasteiger partial charge in [0.05, 0.1) is 0 Å². The van der Waals surface area contributed by atoms with Crippen molar-refractivity contribution in [1.82, 2.24) is 4.90 Å². The monoisotopic (exact) mass is 297 g/mol. The van der Waals surface area contributed by atoms with Gasteiger partial charge in [-0.2, -0.15) is 0 Å². The zero-order valence-corrected chi connectivity index (χ0v) is 13.1. The van der Waals surface area contributed by atoms with Gasteiger partial charge < -0.3 is 4.90 Å². The highest BCUT2D eigenvalue weighted by atomic mass is 35.5. The molecular formula is C19H20ClN. The van der Waals surface area contributed by atoms with Gasteiger partial charge in [0, 0.05) is 16.5 Å². The molecule has 0 unspecified atom stereocenters. The Morgan fingerprint density at radius 2 is 1.86 bits per heavy atom. The van der Waals surface area contributed by atoms with Crippen LogP contribution >= 0.6 is 11.6 Å². The molecule has 1 aliphatic carbocycles. The molecule has 2 heteroatoms. The number of benzene rings is 2. The number of likely N-dealkylation sites (tertiary alicyclic amines) is 1. The molecule has 0 amide bonds. The van der Waals surface area contributed by atoms with Gasteiger partial charge in [0.1, 0.15) is 0 Å². The molecule has 21 heavy (non-hydrogen) atoms. The number of halogens is 1. The SMILES string of the molecule is CN1CC[C@@]2(c3ccc(Cl)cc3)C[C@H]1Cc1ccccc12. The summed E-state index contributed by atoms with van der Waals surface area (Å²) in [5.41, 5.74) is 4.67. The highest BCUT2D eigenvalue weighted by molar-refractivity contribution is 6.30. The maximum atomic E-state index is 6.10. The average molecular weight is 298 g/mol. The molecule has 2 aromatic rings. The van der Waals surface area contributed by atoms with Gasteiger partial charge in [-0.15, -0.1) is 0 Å². The third kappa shape index (κ3) is 2.03. The molecule has 2 atom stereocenters. The highest BCUT2D eigenvalue weighted by Crippen LogP contribution is 2.48. The summed E-state index contributed by atoms with van der Waals surface area (Å²) in [5.74, 6) is 0. The first-order chi connectivity index (χ1) is 10.2. The zero-order valence-electron chi connectivity index (χ0n) is 12.3. The summed E-state index contributed by atoms with van der Waals surface area (Å²) in [5, 5.41) is 0.823. The summed E-state index contributed by atoms with van der Waals surface area (Å²) in [6.07, 6.45) is 3.60. The van der Waals surface area contributed by atoms with E-state index in [-0.39, 0.29) is 5.41 Å². The highest BCUT2D eigenvalue weighted by Gasteiger charge is 2.45. The predicted molar refractivity (Wildman–Crippen MR) is 88.0 cm³/mol. The van der Waals surface area contributed by atoms with Crippen LogP contribution in [0.5, 0.6) is 0 Å². The molecule has 0 aromatic heterocycles.